The number of halogens is 1. The summed E-state index contributed by atoms with van der Waals surface area (Å²) in [7, 11) is 2.41. The number of hydrogen-bond acceptors (Lipinski definition) is 9. The lowest BCUT2D eigenvalue weighted by Crippen LogP contribution is -2.59. The Bertz CT molecular complexity index is 849. The highest BCUT2D eigenvalue weighted by molar-refractivity contribution is 6.38. The minimum atomic E-state index is -1.30. The Balaban J connectivity index is 1.83. The highest BCUT2D eigenvalue weighted by atomic mass is 35.5. The van der Waals surface area contributed by atoms with Gasteiger partial charge in [-0.2, -0.15) is 0 Å². The Labute approximate surface area is 165 Å². The maximum atomic E-state index is 12.5. The third-order valence-electron chi connectivity index (χ3n) is 5.61. The number of hydrogen-bond donors (Lipinski definition) is 0. The zero-order chi connectivity index (χ0) is 20.2. The van der Waals surface area contributed by atoms with Crippen molar-refractivity contribution in [2.24, 2.45) is 22.9 Å². The summed E-state index contributed by atoms with van der Waals surface area (Å²) in [5.41, 5.74) is -1.07. The predicted molar refractivity (Wildman–Crippen MR) is 93.1 cm³/mol. The predicted octanol–water partition coefficient (Wildman–Crippen LogP) is 0.713. The second-order valence-corrected chi connectivity index (χ2v) is 7.22. The zero-order valence-electron chi connectivity index (χ0n) is 15.3. The van der Waals surface area contributed by atoms with Crippen LogP contribution >= 0.6 is 11.6 Å². The van der Waals surface area contributed by atoms with Crippen molar-refractivity contribution in [2.45, 2.75) is 24.7 Å². The van der Waals surface area contributed by atoms with Crippen molar-refractivity contribution in [1.82, 2.24) is 0 Å². The van der Waals surface area contributed by atoms with Gasteiger partial charge in [0.15, 0.2) is 17.4 Å². The summed E-state index contributed by atoms with van der Waals surface area (Å²) in [5.74, 6) is -4.17. The molecule has 28 heavy (non-hydrogen) atoms. The molecule has 5 aliphatic rings. The van der Waals surface area contributed by atoms with Gasteiger partial charge in [-0.3, -0.25) is 0 Å². The fourth-order valence-corrected chi connectivity index (χ4v) is 4.83. The molecule has 9 nitrogen and oxygen atoms in total. The number of oxime groups is 1. The number of nitrogens with zero attached hydrogens (tertiary/aromatic N) is 1. The molecule has 2 bridgehead atoms. The molecule has 0 aromatic rings. The quantitative estimate of drug-likeness (QED) is 0.491. The minimum Gasteiger partial charge on any atom is -0.467 e. The molecule has 0 N–H and O–H groups in total. The number of carbonyl (C=O) groups excluding carboxylic acids is 3. The van der Waals surface area contributed by atoms with E-state index in [1.807, 2.05) is 0 Å². The SMILES string of the molecule is CCOC(=O)C1=C[C@H]2C(Cl)=C[C@@H]1[C@]13ON=C(C(=O)OC)[C@H]1[C@@H](C(=O)OC)O[C@H]23. The second-order valence-electron chi connectivity index (χ2n) is 6.79. The van der Waals surface area contributed by atoms with Crippen LogP contribution in [0.2, 0.25) is 0 Å². The first-order valence-corrected chi connectivity index (χ1v) is 9.12. The summed E-state index contributed by atoms with van der Waals surface area (Å²) < 4.78 is 20.8. The van der Waals surface area contributed by atoms with Crippen LogP contribution in [0.25, 0.3) is 0 Å². The highest BCUT2D eigenvalue weighted by Crippen LogP contribution is 2.60. The average Bonchev–Trinajstić information content (AvgIpc) is 3.23. The minimum absolute atomic E-state index is 0.0966. The first-order chi connectivity index (χ1) is 13.4. The van der Waals surface area contributed by atoms with E-state index in [4.69, 9.17) is 35.4 Å². The molecule has 0 amide bonds. The fourth-order valence-electron chi connectivity index (χ4n) is 4.53. The normalized spacial score (nSPS) is 37.0. The molecule has 0 radical (unpaired) electrons. The van der Waals surface area contributed by atoms with Crippen molar-refractivity contribution in [2.75, 3.05) is 20.8 Å². The fraction of sp³-hybridized carbons (Fsp3) is 0.556. The zero-order valence-corrected chi connectivity index (χ0v) is 16.1. The van der Waals surface area contributed by atoms with Crippen LogP contribution < -0.4 is 0 Å². The van der Waals surface area contributed by atoms with E-state index >= 15 is 0 Å². The lowest BCUT2D eigenvalue weighted by Gasteiger charge is -2.47. The van der Waals surface area contributed by atoms with Crippen LogP contribution in [0.3, 0.4) is 0 Å². The topological polar surface area (TPSA) is 110 Å². The van der Waals surface area contributed by atoms with E-state index in [1.165, 1.54) is 14.2 Å². The van der Waals surface area contributed by atoms with E-state index in [0.29, 0.717) is 10.6 Å². The Hall–Kier alpha value is -2.39. The van der Waals surface area contributed by atoms with Crippen molar-refractivity contribution in [3.8, 4) is 0 Å². The van der Waals surface area contributed by atoms with Crippen molar-refractivity contribution in [3.05, 3.63) is 22.8 Å². The maximum absolute atomic E-state index is 12.5. The largest absolute Gasteiger partial charge is 0.467 e. The maximum Gasteiger partial charge on any atom is 0.356 e. The van der Waals surface area contributed by atoms with Gasteiger partial charge in [0, 0.05) is 16.5 Å². The summed E-state index contributed by atoms with van der Waals surface area (Å²) in [4.78, 5) is 43.0. The van der Waals surface area contributed by atoms with Gasteiger partial charge >= 0.3 is 17.9 Å². The van der Waals surface area contributed by atoms with Crippen molar-refractivity contribution in [1.29, 1.82) is 0 Å². The van der Waals surface area contributed by atoms with Gasteiger partial charge in [-0.15, -0.1) is 0 Å². The molecular weight excluding hydrogens is 394 g/mol. The molecule has 5 rings (SSSR count). The summed E-state index contributed by atoms with van der Waals surface area (Å²) in [6, 6.07) is 0. The first-order valence-electron chi connectivity index (χ1n) is 8.74. The van der Waals surface area contributed by atoms with Crippen molar-refractivity contribution < 1.29 is 38.2 Å². The van der Waals surface area contributed by atoms with Gasteiger partial charge in [-0.1, -0.05) is 28.9 Å². The smallest absolute Gasteiger partial charge is 0.356 e. The lowest BCUT2D eigenvalue weighted by atomic mass is 9.60. The summed E-state index contributed by atoms with van der Waals surface area (Å²) in [6.07, 6.45) is 1.43. The molecule has 150 valence electrons. The molecule has 0 aromatic heterocycles. The molecule has 0 aromatic carbocycles. The molecule has 2 aliphatic heterocycles. The van der Waals surface area contributed by atoms with Crippen LogP contribution in [-0.4, -0.2) is 62.3 Å². The van der Waals surface area contributed by atoms with Gasteiger partial charge in [-0.25, -0.2) is 14.4 Å². The molecule has 3 aliphatic carbocycles. The monoisotopic (exact) mass is 411 g/mol. The molecule has 1 spiro atoms. The third-order valence-corrected chi connectivity index (χ3v) is 5.99. The van der Waals surface area contributed by atoms with Gasteiger partial charge in [0.05, 0.1) is 32.7 Å². The van der Waals surface area contributed by atoms with Crippen molar-refractivity contribution in [3.63, 3.8) is 0 Å². The molecule has 0 saturated carbocycles. The molecule has 1 saturated heterocycles. The summed E-state index contributed by atoms with van der Waals surface area (Å²) in [6.45, 7) is 1.89. The van der Waals surface area contributed by atoms with Gasteiger partial charge < -0.3 is 23.8 Å². The molecule has 10 heteroatoms. The highest BCUT2D eigenvalue weighted by Gasteiger charge is 2.75. The first kappa shape index (κ1) is 18.9. The number of rotatable bonds is 4. The van der Waals surface area contributed by atoms with E-state index in [1.54, 1.807) is 19.1 Å². The number of carbonyl (C=O) groups is 3. The van der Waals surface area contributed by atoms with E-state index < -0.39 is 53.5 Å². The van der Waals surface area contributed by atoms with E-state index in [-0.39, 0.29) is 12.3 Å². The standard InChI is InChI=1S/C18H18ClNO8/c1-4-26-15(21)7-5-8-10(19)6-9(7)18-11(12(20-28-18)16(22)24-2)13(17(23)25-3)27-14(8)18/h5-6,8-9,11,13-14H,4H2,1-3H3/t8-,9-,11-,13-,14+,18-/m0/s1. The lowest BCUT2D eigenvalue weighted by molar-refractivity contribution is -0.159. The molecule has 6 atom stereocenters. The van der Waals surface area contributed by atoms with E-state index in [9.17, 15) is 14.4 Å². The van der Waals surface area contributed by atoms with Crippen LogP contribution in [-0.2, 0) is 38.2 Å². The summed E-state index contributed by atoms with van der Waals surface area (Å²) in [5, 5.41) is 4.37. The molecule has 1 fully saturated rings. The van der Waals surface area contributed by atoms with E-state index in [2.05, 4.69) is 5.16 Å². The van der Waals surface area contributed by atoms with Crippen LogP contribution in [0.1, 0.15) is 6.92 Å². The van der Waals surface area contributed by atoms with Gasteiger partial charge in [0.1, 0.15) is 6.10 Å². The molecule has 0 unspecified atom stereocenters. The average molecular weight is 412 g/mol. The Morgan fingerprint density at radius 2 is 1.96 bits per heavy atom. The Morgan fingerprint density at radius 1 is 1.21 bits per heavy atom. The van der Waals surface area contributed by atoms with E-state index in [0.717, 1.165) is 0 Å². The summed E-state index contributed by atoms with van der Waals surface area (Å²) >= 11 is 6.38. The molecule has 2 heterocycles. The number of esters is 3. The van der Waals surface area contributed by atoms with Gasteiger partial charge in [-0.05, 0) is 6.92 Å². The van der Waals surface area contributed by atoms with Crippen LogP contribution in [0.15, 0.2) is 27.9 Å². The van der Waals surface area contributed by atoms with Gasteiger partial charge in [0.2, 0.25) is 0 Å². The Kier molecular flexibility index (Phi) is 4.46. The van der Waals surface area contributed by atoms with Crippen LogP contribution in [0.5, 0.6) is 0 Å². The third kappa shape index (κ3) is 2.29. The molecular formula is C18H18ClNO8. The number of methoxy groups -OCH3 is 2. The van der Waals surface area contributed by atoms with Crippen LogP contribution in [0, 0.1) is 17.8 Å². The Morgan fingerprint density at radius 3 is 2.61 bits per heavy atom. The van der Waals surface area contributed by atoms with Crippen LogP contribution in [0.4, 0.5) is 0 Å². The second kappa shape index (κ2) is 6.59. The number of ether oxygens (including phenoxy) is 4. The van der Waals surface area contributed by atoms with Gasteiger partial charge in [0.25, 0.3) is 0 Å². The van der Waals surface area contributed by atoms with Crippen molar-refractivity contribution >= 4 is 35.2 Å².